The summed E-state index contributed by atoms with van der Waals surface area (Å²) in [4.78, 5) is 13.1. The number of hydrogen-bond donors (Lipinski definition) is 0. The molecule has 1 heterocycles. The van der Waals surface area contributed by atoms with E-state index in [1.807, 2.05) is 12.1 Å². The average molecular weight is 186 g/mol. The second-order valence-corrected chi connectivity index (χ2v) is 3.48. The Balaban J connectivity index is 2.52. The van der Waals surface area contributed by atoms with E-state index in [4.69, 9.17) is 5.26 Å². The van der Waals surface area contributed by atoms with Crippen LogP contribution in [0.2, 0.25) is 0 Å². The molecule has 3 heteroatoms. The second kappa shape index (κ2) is 3.15. The molecule has 70 valence electrons. The van der Waals surface area contributed by atoms with Crippen LogP contribution < -0.4 is 0 Å². The molecule has 1 aliphatic rings. The van der Waals surface area contributed by atoms with Crippen LogP contribution >= 0.6 is 0 Å². The van der Waals surface area contributed by atoms with Crippen molar-refractivity contribution in [3.63, 3.8) is 0 Å². The minimum absolute atomic E-state index is 0.0835. The Morgan fingerprint density at radius 1 is 1.50 bits per heavy atom. The van der Waals surface area contributed by atoms with Crippen molar-refractivity contribution in [1.29, 1.82) is 5.26 Å². The van der Waals surface area contributed by atoms with Gasteiger partial charge in [-0.2, -0.15) is 5.26 Å². The van der Waals surface area contributed by atoms with Crippen LogP contribution in [0, 0.1) is 11.3 Å². The van der Waals surface area contributed by atoms with Crippen LogP contribution in [-0.2, 0) is 17.8 Å². The monoisotopic (exact) mass is 186 g/mol. The van der Waals surface area contributed by atoms with Gasteiger partial charge in [0.2, 0.25) is 5.91 Å². The van der Waals surface area contributed by atoms with Crippen LogP contribution in [0.3, 0.4) is 0 Å². The Hall–Kier alpha value is -1.82. The Kier molecular flexibility index (Phi) is 1.97. The molecule has 0 bridgehead atoms. The van der Waals surface area contributed by atoms with Gasteiger partial charge in [0.05, 0.1) is 18.1 Å². The highest BCUT2D eigenvalue weighted by Gasteiger charge is 2.21. The Labute approximate surface area is 82.6 Å². The highest BCUT2D eigenvalue weighted by molar-refractivity contribution is 5.81. The van der Waals surface area contributed by atoms with Gasteiger partial charge in [0.25, 0.3) is 0 Å². The molecule has 14 heavy (non-hydrogen) atoms. The number of nitrogens with zero attached hydrogens (tertiary/aromatic N) is 2. The highest BCUT2D eigenvalue weighted by Crippen LogP contribution is 2.21. The summed E-state index contributed by atoms with van der Waals surface area (Å²) in [5.74, 6) is 0.0835. The standard InChI is InChI=1S/C11H10N2O/c1-13-7-9-4-2-3-8(6-12)10(9)5-11(13)14/h2-4H,5,7H2,1H3. The van der Waals surface area contributed by atoms with E-state index in [1.54, 1.807) is 18.0 Å². The van der Waals surface area contributed by atoms with Crippen LogP contribution in [0.4, 0.5) is 0 Å². The minimum Gasteiger partial charge on any atom is -0.341 e. The molecule has 0 radical (unpaired) electrons. The molecule has 0 aromatic heterocycles. The molecule has 0 N–H and O–H groups in total. The van der Waals surface area contributed by atoms with E-state index in [0.29, 0.717) is 18.5 Å². The topological polar surface area (TPSA) is 44.1 Å². The lowest BCUT2D eigenvalue weighted by Crippen LogP contribution is -2.33. The Morgan fingerprint density at radius 2 is 2.29 bits per heavy atom. The molecule has 0 saturated heterocycles. The molecule has 0 saturated carbocycles. The van der Waals surface area contributed by atoms with Crippen molar-refractivity contribution in [3.8, 4) is 6.07 Å². The summed E-state index contributed by atoms with van der Waals surface area (Å²) in [5, 5.41) is 8.87. The van der Waals surface area contributed by atoms with Crippen LogP contribution in [-0.4, -0.2) is 17.9 Å². The zero-order chi connectivity index (χ0) is 10.1. The molecular formula is C11H10N2O. The minimum atomic E-state index is 0.0835. The molecule has 2 rings (SSSR count). The molecule has 3 nitrogen and oxygen atoms in total. The van der Waals surface area contributed by atoms with Crippen molar-refractivity contribution in [1.82, 2.24) is 4.90 Å². The number of benzene rings is 1. The molecular weight excluding hydrogens is 176 g/mol. The van der Waals surface area contributed by atoms with Gasteiger partial charge in [-0.25, -0.2) is 0 Å². The number of amides is 1. The summed E-state index contributed by atoms with van der Waals surface area (Å²) in [6, 6.07) is 7.71. The summed E-state index contributed by atoms with van der Waals surface area (Å²) in [6.45, 7) is 0.615. The van der Waals surface area contributed by atoms with Gasteiger partial charge in [-0.1, -0.05) is 12.1 Å². The van der Waals surface area contributed by atoms with Gasteiger partial charge in [0, 0.05) is 13.6 Å². The predicted octanol–water partition coefficient (Wildman–Crippen LogP) is 1.07. The maximum atomic E-state index is 11.4. The molecule has 0 atom stereocenters. The lowest BCUT2D eigenvalue weighted by molar-refractivity contribution is -0.130. The smallest absolute Gasteiger partial charge is 0.227 e. The number of hydrogen-bond acceptors (Lipinski definition) is 2. The van der Waals surface area contributed by atoms with Gasteiger partial charge in [0.15, 0.2) is 0 Å². The van der Waals surface area contributed by atoms with Gasteiger partial charge in [0.1, 0.15) is 0 Å². The quantitative estimate of drug-likeness (QED) is 0.608. The van der Waals surface area contributed by atoms with Crippen molar-refractivity contribution in [3.05, 3.63) is 34.9 Å². The highest BCUT2D eigenvalue weighted by atomic mass is 16.2. The third-order valence-electron chi connectivity index (χ3n) is 2.55. The normalized spacial score (nSPS) is 14.9. The van der Waals surface area contributed by atoms with Gasteiger partial charge < -0.3 is 4.90 Å². The predicted molar refractivity (Wildman–Crippen MR) is 51.3 cm³/mol. The fourth-order valence-corrected chi connectivity index (χ4v) is 1.73. The summed E-state index contributed by atoms with van der Waals surface area (Å²) in [6.07, 6.45) is 0.357. The zero-order valence-corrected chi connectivity index (χ0v) is 7.95. The Bertz CT molecular complexity index is 431. The van der Waals surface area contributed by atoms with Gasteiger partial charge in [-0.3, -0.25) is 4.79 Å². The van der Waals surface area contributed by atoms with E-state index in [9.17, 15) is 4.79 Å². The van der Waals surface area contributed by atoms with E-state index in [0.717, 1.165) is 11.1 Å². The lowest BCUT2D eigenvalue weighted by Gasteiger charge is -2.25. The first kappa shape index (κ1) is 8.76. The fourth-order valence-electron chi connectivity index (χ4n) is 1.73. The molecule has 0 fully saturated rings. The summed E-state index contributed by atoms with van der Waals surface area (Å²) < 4.78 is 0. The van der Waals surface area contributed by atoms with Crippen molar-refractivity contribution < 1.29 is 4.79 Å². The van der Waals surface area contributed by atoms with Crippen LogP contribution in [0.25, 0.3) is 0 Å². The van der Waals surface area contributed by atoms with Crippen molar-refractivity contribution in [2.75, 3.05) is 7.05 Å². The molecule has 1 amide bonds. The first-order valence-electron chi connectivity index (χ1n) is 4.47. The maximum Gasteiger partial charge on any atom is 0.227 e. The van der Waals surface area contributed by atoms with Crippen molar-refractivity contribution in [2.24, 2.45) is 0 Å². The van der Waals surface area contributed by atoms with Crippen LogP contribution in [0.5, 0.6) is 0 Å². The molecule has 1 aromatic carbocycles. The van der Waals surface area contributed by atoms with Gasteiger partial charge in [-0.15, -0.1) is 0 Å². The summed E-state index contributed by atoms with van der Waals surface area (Å²) >= 11 is 0. The number of likely N-dealkylation sites (N-methyl/N-ethyl adjacent to an activating group) is 1. The van der Waals surface area contributed by atoms with Crippen LogP contribution in [0.15, 0.2) is 18.2 Å². The Morgan fingerprint density at radius 3 is 3.00 bits per heavy atom. The number of fused-ring (bicyclic) bond motifs is 1. The number of carbonyl (C=O) groups is 1. The molecule has 0 spiro atoms. The average Bonchev–Trinajstić information content (AvgIpc) is 2.19. The third kappa shape index (κ3) is 1.25. The van der Waals surface area contributed by atoms with Gasteiger partial charge in [-0.05, 0) is 17.2 Å². The SMILES string of the molecule is CN1Cc2cccc(C#N)c2CC1=O. The van der Waals surface area contributed by atoms with E-state index < -0.39 is 0 Å². The van der Waals surface area contributed by atoms with Crippen molar-refractivity contribution in [2.45, 2.75) is 13.0 Å². The number of carbonyl (C=O) groups excluding carboxylic acids is 1. The van der Waals surface area contributed by atoms with Crippen molar-refractivity contribution >= 4 is 5.91 Å². The third-order valence-corrected chi connectivity index (χ3v) is 2.55. The first-order chi connectivity index (χ1) is 6.72. The fraction of sp³-hybridized carbons (Fsp3) is 0.273. The first-order valence-corrected chi connectivity index (χ1v) is 4.47. The lowest BCUT2D eigenvalue weighted by atomic mass is 9.95. The molecule has 0 aliphatic carbocycles. The van der Waals surface area contributed by atoms with E-state index >= 15 is 0 Å². The van der Waals surface area contributed by atoms with Crippen LogP contribution in [0.1, 0.15) is 16.7 Å². The molecule has 0 unspecified atom stereocenters. The van der Waals surface area contributed by atoms with E-state index in [1.165, 1.54) is 0 Å². The summed E-state index contributed by atoms with van der Waals surface area (Å²) in [7, 11) is 1.78. The maximum absolute atomic E-state index is 11.4. The zero-order valence-electron chi connectivity index (χ0n) is 7.95. The number of rotatable bonds is 0. The van der Waals surface area contributed by atoms with E-state index in [-0.39, 0.29) is 5.91 Å². The van der Waals surface area contributed by atoms with E-state index in [2.05, 4.69) is 6.07 Å². The van der Waals surface area contributed by atoms with Gasteiger partial charge >= 0.3 is 0 Å². The molecule has 1 aromatic rings. The number of nitriles is 1. The largest absolute Gasteiger partial charge is 0.341 e. The second-order valence-electron chi connectivity index (χ2n) is 3.48. The summed E-state index contributed by atoms with van der Waals surface area (Å²) in [5.41, 5.74) is 2.62. The molecule has 1 aliphatic heterocycles.